The van der Waals surface area contributed by atoms with Crippen molar-refractivity contribution in [3.63, 3.8) is 0 Å². The second kappa shape index (κ2) is 11.0. The second-order valence-corrected chi connectivity index (χ2v) is 6.51. The van der Waals surface area contributed by atoms with Crippen LogP contribution in [-0.4, -0.2) is 48.3 Å². The molecule has 0 unspecified atom stereocenters. The second-order valence-electron chi connectivity index (χ2n) is 6.51. The average Bonchev–Trinajstić information content (AvgIpc) is 2.58. The van der Waals surface area contributed by atoms with Crippen molar-refractivity contribution in [3.8, 4) is 11.5 Å². The SMILES string of the molecule is CCCCOc1cc(O)ccc1C(=O)OC[C@H](C(C)C)N(CC)CC. The smallest absolute Gasteiger partial charge is 0.341 e. The van der Waals surface area contributed by atoms with E-state index in [1.54, 1.807) is 6.07 Å². The zero-order valence-corrected chi connectivity index (χ0v) is 16.2. The Kier molecular flexibility index (Phi) is 9.35. The fourth-order valence-corrected chi connectivity index (χ4v) is 2.78. The van der Waals surface area contributed by atoms with E-state index in [4.69, 9.17) is 9.47 Å². The Balaban J connectivity index is 2.81. The summed E-state index contributed by atoms with van der Waals surface area (Å²) in [4.78, 5) is 14.8. The highest BCUT2D eigenvalue weighted by atomic mass is 16.5. The van der Waals surface area contributed by atoms with E-state index in [0.717, 1.165) is 25.9 Å². The molecule has 0 bridgehead atoms. The number of hydrogen-bond donors (Lipinski definition) is 1. The van der Waals surface area contributed by atoms with Gasteiger partial charge in [0.1, 0.15) is 23.7 Å². The number of phenolic OH excluding ortho intramolecular Hbond substituents is 1. The van der Waals surface area contributed by atoms with Crippen molar-refractivity contribution in [2.75, 3.05) is 26.3 Å². The van der Waals surface area contributed by atoms with Crippen LogP contribution in [0.25, 0.3) is 0 Å². The number of nitrogens with zero attached hydrogens (tertiary/aromatic N) is 1. The lowest BCUT2D eigenvalue weighted by molar-refractivity contribution is 0.0287. The molecule has 0 radical (unpaired) electrons. The van der Waals surface area contributed by atoms with E-state index in [0.29, 0.717) is 30.4 Å². The molecular formula is C20H33NO4. The maximum atomic E-state index is 12.5. The molecule has 0 aliphatic rings. The lowest BCUT2D eigenvalue weighted by Gasteiger charge is -2.32. The first-order valence-corrected chi connectivity index (χ1v) is 9.31. The van der Waals surface area contributed by atoms with Gasteiger partial charge in [0.15, 0.2) is 0 Å². The van der Waals surface area contributed by atoms with Crippen LogP contribution in [0.4, 0.5) is 0 Å². The third-order valence-electron chi connectivity index (χ3n) is 4.38. The highest BCUT2D eigenvalue weighted by Crippen LogP contribution is 2.25. The van der Waals surface area contributed by atoms with Gasteiger partial charge < -0.3 is 14.6 Å². The van der Waals surface area contributed by atoms with Crippen LogP contribution >= 0.6 is 0 Å². The van der Waals surface area contributed by atoms with Crippen molar-refractivity contribution in [2.24, 2.45) is 5.92 Å². The summed E-state index contributed by atoms with van der Waals surface area (Å²) in [5, 5.41) is 9.66. The van der Waals surface area contributed by atoms with Crippen molar-refractivity contribution < 1.29 is 19.4 Å². The Bertz CT molecular complexity index is 526. The highest BCUT2D eigenvalue weighted by Gasteiger charge is 2.23. The Morgan fingerprint density at radius 1 is 1.20 bits per heavy atom. The van der Waals surface area contributed by atoms with Gasteiger partial charge in [0.25, 0.3) is 0 Å². The Morgan fingerprint density at radius 2 is 1.88 bits per heavy atom. The number of hydrogen-bond acceptors (Lipinski definition) is 5. The molecule has 142 valence electrons. The summed E-state index contributed by atoms with van der Waals surface area (Å²) in [6.07, 6.45) is 1.89. The van der Waals surface area contributed by atoms with Crippen molar-refractivity contribution in [3.05, 3.63) is 23.8 Å². The molecule has 1 rings (SSSR count). The van der Waals surface area contributed by atoms with E-state index >= 15 is 0 Å². The number of carbonyl (C=O) groups is 1. The van der Waals surface area contributed by atoms with Gasteiger partial charge in [-0.1, -0.05) is 41.0 Å². The number of ether oxygens (including phenoxy) is 2. The van der Waals surface area contributed by atoms with Crippen LogP contribution in [0.5, 0.6) is 11.5 Å². The zero-order chi connectivity index (χ0) is 18.8. The molecule has 1 aromatic rings. The summed E-state index contributed by atoms with van der Waals surface area (Å²) in [5.74, 6) is 0.422. The van der Waals surface area contributed by atoms with Gasteiger partial charge >= 0.3 is 5.97 Å². The molecule has 0 aliphatic carbocycles. The molecular weight excluding hydrogens is 318 g/mol. The number of likely N-dealkylation sites (N-methyl/N-ethyl adjacent to an activating group) is 1. The van der Waals surface area contributed by atoms with E-state index in [-0.39, 0.29) is 11.8 Å². The Hall–Kier alpha value is -1.75. The summed E-state index contributed by atoms with van der Waals surface area (Å²) in [6, 6.07) is 4.69. The predicted molar refractivity (Wildman–Crippen MR) is 100 cm³/mol. The molecule has 0 spiro atoms. The number of carbonyl (C=O) groups excluding carboxylic acids is 1. The summed E-state index contributed by atoms with van der Waals surface area (Å²) >= 11 is 0. The fraction of sp³-hybridized carbons (Fsp3) is 0.650. The number of unbranched alkanes of at least 4 members (excludes halogenated alkanes) is 1. The minimum Gasteiger partial charge on any atom is -0.508 e. The summed E-state index contributed by atoms with van der Waals surface area (Å²) in [5.41, 5.74) is 0.357. The number of benzene rings is 1. The van der Waals surface area contributed by atoms with Crippen LogP contribution in [0.1, 0.15) is 57.8 Å². The minimum absolute atomic E-state index is 0.0752. The van der Waals surface area contributed by atoms with E-state index in [1.165, 1.54) is 12.1 Å². The van der Waals surface area contributed by atoms with Crippen molar-refractivity contribution >= 4 is 5.97 Å². The lowest BCUT2D eigenvalue weighted by Crippen LogP contribution is -2.42. The Morgan fingerprint density at radius 3 is 2.44 bits per heavy atom. The monoisotopic (exact) mass is 351 g/mol. The molecule has 5 nitrogen and oxygen atoms in total. The standard InChI is InChI=1S/C20H33NO4/c1-6-9-12-24-19-13-16(22)10-11-17(19)20(23)25-14-18(15(4)5)21(7-2)8-3/h10-11,13,15,18,22H,6-9,12,14H2,1-5H3/t18-/m1/s1. The average molecular weight is 351 g/mol. The van der Waals surface area contributed by atoms with Gasteiger partial charge in [-0.25, -0.2) is 4.79 Å². The van der Waals surface area contributed by atoms with Gasteiger partial charge in [0.2, 0.25) is 0 Å². The summed E-state index contributed by atoms with van der Waals surface area (Å²) in [6.45, 7) is 13.2. The summed E-state index contributed by atoms with van der Waals surface area (Å²) < 4.78 is 11.2. The van der Waals surface area contributed by atoms with E-state index in [2.05, 4.69) is 39.5 Å². The largest absolute Gasteiger partial charge is 0.508 e. The first-order chi connectivity index (χ1) is 11.9. The maximum absolute atomic E-state index is 12.5. The third-order valence-corrected chi connectivity index (χ3v) is 4.38. The van der Waals surface area contributed by atoms with Crippen LogP contribution in [0, 0.1) is 5.92 Å². The first kappa shape index (κ1) is 21.3. The normalized spacial score (nSPS) is 12.4. The van der Waals surface area contributed by atoms with Gasteiger partial charge in [0.05, 0.1) is 6.61 Å². The molecule has 0 aliphatic heterocycles. The van der Waals surface area contributed by atoms with Crippen LogP contribution in [0.15, 0.2) is 18.2 Å². The molecule has 0 aromatic heterocycles. The van der Waals surface area contributed by atoms with Crippen LogP contribution in [0.2, 0.25) is 0 Å². The van der Waals surface area contributed by atoms with E-state index in [9.17, 15) is 9.90 Å². The Labute approximate surface area is 151 Å². The van der Waals surface area contributed by atoms with Crippen LogP contribution in [-0.2, 0) is 4.74 Å². The first-order valence-electron chi connectivity index (χ1n) is 9.31. The van der Waals surface area contributed by atoms with Gasteiger partial charge in [-0.3, -0.25) is 4.90 Å². The highest BCUT2D eigenvalue weighted by molar-refractivity contribution is 5.92. The number of aromatic hydroxyl groups is 1. The maximum Gasteiger partial charge on any atom is 0.341 e. The number of esters is 1. The lowest BCUT2D eigenvalue weighted by atomic mass is 10.0. The molecule has 1 N–H and O–H groups in total. The number of phenols is 1. The van der Waals surface area contributed by atoms with E-state index < -0.39 is 5.97 Å². The topological polar surface area (TPSA) is 59.0 Å². The minimum atomic E-state index is -0.413. The van der Waals surface area contributed by atoms with Gasteiger partial charge in [0, 0.05) is 12.1 Å². The van der Waals surface area contributed by atoms with Crippen LogP contribution < -0.4 is 4.74 Å². The zero-order valence-electron chi connectivity index (χ0n) is 16.2. The van der Waals surface area contributed by atoms with Crippen molar-refractivity contribution in [2.45, 2.75) is 53.5 Å². The molecule has 1 aromatic carbocycles. The predicted octanol–water partition coefficient (Wildman–Crippen LogP) is 4.09. The number of rotatable bonds is 11. The molecule has 0 saturated heterocycles. The molecule has 5 heteroatoms. The summed E-state index contributed by atoms with van der Waals surface area (Å²) in [7, 11) is 0. The molecule has 0 saturated carbocycles. The third kappa shape index (κ3) is 6.58. The van der Waals surface area contributed by atoms with Gasteiger partial charge in [-0.2, -0.15) is 0 Å². The molecule has 0 fully saturated rings. The molecule has 0 heterocycles. The molecule has 25 heavy (non-hydrogen) atoms. The van der Waals surface area contributed by atoms with Crippen LogP contribution in [0.3, 0.4) is 0 Å². The van der Waals surface area contributed by atoms with Crippen molar-refractivity contribution in [1.29, 1.82) is 0 Å². The quantitative estimate of drug-likeness (QED) is 0.480. The molecule has 0 amide bonds. The van der Waals surface area contributed by atoms with E-state index in [1.807, 2.05) is 0 Å². The van der Waals surface area contributed by atoms with Gasteiger partial charge in [-0.15, -0.1) is 0 Å². The molecule has 1 atom stereocenters. The fourth-order valence-electron chi connectivity index (χ4n) is 2.78. The van der Waals surface area contributed by atoms with Crippen molar-refractivity contribution in [1.82, 2.24) is 4.90 Å². The van der Waals surface area contributed by atoms with Gasteiger partial charge in [-0.05, 0) is 37.6 Å².